The van der Waals surface area contributed by atoms with Crippen molar-refractivity contribution in [2.45, 2.75) is 18.6 Å². The number of methoxy groups -OCH3 is 1. The number of carboxylic acids is 1. The SMILES string of the molecule is COc1ccc(Cl)cc1C(=O)N1C[C@H](O)C[C@H]1C(=O)O. The fraction of sp³-hybridized carbons (Fsp3) is 0.385. The number of nitrogens with zero attached hydrogens (tertiary/aromatic N) is 1. The number of β-amino-alcohol motifs (C(OH)–C–C–N with tert-alkyl or cyclic N) is 1. The minimum atomic E-state index is -1.14. The molecule has 0 aliphatic carbocycles. The zero-order valence-corrected chi connectivity index (χ0v) is 11.5. The summed E-state index contributed by atoms with van der Waals surface area (Å²) in [5, 5.41) is 19.0. The van der Waals surface area contributed by atoms with Crippen LogP contribution in [0.15, 0.2) is 18.2 Å². The molecule has 1 aromatic rings. The molecule has 1 fully saturated rings. The normalized spacial score (nSPS) is 21.9. The van der Waals surface area contributed by atoms with E-state index in [1.807, 2.05) is 0 Å². The molecule has 1 aromatic carbocycles. The fourth-order valence-electron chi connectivity index (χ4n) is 2.27. The maximum Gasteiger partial charge on any atom is 0.326 e. The zero-order chi connectivity index (χ0) is 14.9. The number of hydrogen-bond acceptors (Lipinski definition) is 4. The molecule has 2 N–H and O–H groups in total. The van der Waals surface area contributed by atoms with Crippen LogP contribution in [0.5, 0.6) is 5.75 Å². The van der Waals surface area contributed by atoms with E-state index in [0.29, 0.717) is 10.8 Å². The maximum absolute atomic E-state index is 12.5. The fourth-order valence-corrected chi connectivity index (χ4v) is 2.45. The summed E-state index contributed by atoms with van der Waals surface area (Å²) in [5.41, 5.74) is 0.181. The van der Waals surface area contributed by atoms with Gasteiger partial charge < -0.3 is 19.8 Å². The molecule has 1 aliphatic heterocycles. The average Bonchev–Trinajstić information content (AvgIpc) is 2.80. The van der Waals surface area contributed by atoms with E-state index in [-0.39, 0.29) is 18.5 Å². The second kappa shape index (κ2) is 5.68. The van der Waals surface area contributed by atoms with E-state index in [1.165, 1.54) is 19.2 Å². The summed E-state index contributed by atoms with van der Waals surface area (Å²) in [4.78, 5) is 24.7. The molecule has 0 radical (unpaired) electrons. The standard InChI is InChI=1S/C13H14ClNO5/c1-20-11-3-2-7(14)4-9(11)12(17)15-6-8(16)5-10(15)13(18)19/h2-4,8,10,16H,5-6H2,1H3,(H,18,19)/t8-,10+/m1/s1. The summed E-state index contributed by atoms with van der Waals surface area (Å²) < 4.78 is 5.09. The van der Waals surface area contributed by atoms with Crippen LogP contribution in [0.25, 0.3) is 0 Å². The van der Waals surface area contributed by atoms with Gasteiger partial charge in [0.15, 0.2) is 0 Å². The number of rotatable bonds is 3. The van der Waals surface area contributed by atoms with E-state index in [0.717, 1.165) is 4.90 Å². The molecule has 0 saturated carbocycles. The molecule has 0 bridgehead atoms. The number of hydrogen-bond donors (Lipinski definition) is 2. The summed E-state index contributed by atoms with van der Waals surface area (Å²) in [6.07, 6.45) is -0.825. The molecule has 20 heavy (non-hydrogen) atoms. The van der Waals surface area contributed by atoms with Gasteiger partial charge in [0.05, 0.1) is 18.8 Å². The molecule has 2 rings (SSSR count). The van der Waals surface area contributed by atoms with Gasteiger partial charge in [-0.2, -0.15) is 0 Å². The van der Waals surface area contributed by atoms with Crippen molar-refractivity contribution in [1.29, 1.82) is 0 Å². The molecule has 0 aromatic heterocycles. The van der Waals surface area contributed by atoms with E-state index in [9.17, 15) is 14.7 Å². The zero-order valence-electron chi connectivity index (χ0n) is 10.7. The summed E-state index contributed by atoms with van der Waals surface area (Å²) in [5.74, 6) is -1.35. The smallest absolute Gasteiger partial charge is 0.326 e. The molecule has 1 amide bonds. The van der Waals surface area contributed by atoms with Crippen molar-refractivity contribution in [2.75, 3.05) is 13.7 Å². The van der Waals surface area contributed by atoms with Crippen LogP contribution in [0.4, 0.5) is 0 Å². The predicted molar refractivity (Wildman–Crippen MR) is 71.1 cm³/mol. The highest BCUT2D eigenvalue weighted by atomic mass is 35.5. The minimum absolute atomic E-state index is 0.0178. The Labute approximate surface area is 120 Å². The number of carboxylic acid groups (broad SMARTS) is 1. The lowest BCUT2D eigenvalue weighted by molar-refractivity contribution is -0.141. The van der Waals surface area contributed by atoms with Crippen LogP contribution in [0.1, 0.15) is 16.8 Å². The average molecular weight is 300 g/mol. The Kier molecular flexibility index (Phi) is 4.15. The number of amides is 1. The van der Waals surface area contributed by atoms with Crippen LogP contribution in [0.2, 0.25) is 5.02 Å². The number of likely N-dealkylation sites (tertiary alicyclic amines) is 1. The van der Waals surface area contributed by atoms with Gasteiger partial charge in [0.1, 0.15) is 11.8 Å². The summed E-state index contributed by atoms with van der Waals surface area (Å²) >= 11 is 5.86. The van der Waals surface area contributed by atoms with Crippen molar-refractivity contribution in [3.8, 4) is 5.75 Å². The van der Waals surface area contributed by atoms with Crippen LogP contribution in [-0.4, -0.2) is 52.8 Å². The number of aliphatic carboxylic acids is 1. The van der Waals surface area contributed by atoms with Crippen LogP contribution in [0, 0.1) is 0 Å². The number of ether oxygens (including phenoxy) is 1. The predicted octanol–water partition coefficient (Wildman–Crippen LogP) is 1.01. The molecule has 1 saturated heterocycles. The van der Waals surface area contributed by atoms with Crippen molar-refractivity contribution in [2.24, 2.45) is 0 Å². The second-order valence-corrected chi connectivity index (χ2v) is 4.98. The Morgan fingerprint density at radius 1 is 1.45 bits per heavy atom. The largest absolute Gasteiger partial charge is 0.496 e. The van der Waals surface area contributed by atoms with Gasteiger partial charge in [0.25, 0.3) is 5.91 Å². The Morgan fingerprint density at radius 3 is 2.75 bits per heavy atom. The van der Waals surface area contributed by atoms with Gasteiger partial charge in [-0.15, -0.1) is 0 Å². The van der Waals surface area contributed by atoms with Crippen molar-refractivity contribution < 1.29 is 24.5 Å². The number of aliphatic hydroxyl groups is 1. The highest BCUT2D eigenvalue weighted by Crippen LogP contribution is 2.27. The first kappa shape index (κ1) is 14.6. The Hall–Kier alpha value is -1.79. The minimum Gasteiger partial charge on any atom is -0.496 e. The van der Waals surface area contributed by atoms with Gasteiger partial charge in [-0.05, 0) is 18.2 Å². The number of aliphatic hydroxyl groups excluding tert-OH is 1. The lowest BCUT2D eigenvalue weighted by Crippen LogP contribution is -2.40. The second-order valence-electron chi connectivity index (χ2n) is 4.55. The molecule has 2 atom stereocenters. The molecule has 108 valence electrons. The lowest BCUT2D eigenvalue weighted by atomic mass is 10.1. The number of benzene rings is 1. The van der Waals surface area contributed by atoms with Gasteiger partial charge in [-0.3, -0.25) is 4.79 Å². The first-order valence-electron chi connectivity index (χ1n) is 5.99. The molecule has 6 nitrogen and oxygen atoms in total. The summed E-state index contributed by atoms with van der Waals surface area (Å²) in [6.45, 7) is -0.0224. The first-order valence-corrected chi connectivity index (χ1v) is 6.37. The van der Waals surface area contributed by atoms with E-state index in [2.05, 4.69) is 0 Å². The van der Waals surface area contributed by atoms with Gasteiger partial charge in [0.2, 0.25) is 0 Å². The van der Waals surface area contributed by atoms with E-state index >= 15 is 0 Å². The summed E-state index contributed by atoms with van der Waals surface area (Å²) in [7, 11) is 1.41. The highest BCUT2D eigenvalue weighted by Gasteiger charge is 2.39. The number of carbonyl (C=O) groups excluding carboxylic acids is 1. The number of halogens is 1. The molecule has 0 spiro atoms. The molecule has 7 heteroatoms. The van der Waals surface area contributed by atoms with Crippen molar-refractivity contribution in [3.05, 3.63) is 28.8 Å². The van der Waals surface area contributed by atoms with Gasteiger partial charge in [-0.25, -0.2) is 4.79 Å². The monoisotopic (exact) mass is 299 g/mol. The molecule has 0 unspecified atom stereocenters. The molecular weight excluding hydrogens is 286 g/mol. The topological polar surface area (TPSA) is 87.1 Å². The van der Waals surface area contributed by atoms with Crippen LogP contribution in [-0.2, 0) is 4.79 Å². The van der Waals surface area contributed by atoms with E-state index < -0.39 is 24.0 Å². The van der Waals surface area contributed by atoms with Crippen molar-refractivity contribution in [3.63, 3.8) is 0 Å². The van der Waals surface area contributed by atoms with Gasteiger partial charge in [0, 0.05) is 18.0 Å². The Bertz CT molecular complexity index is 548. The molecule has 1 aliphatic rings. The van der Waals surface area contributed by atoms with Crippen molar-refractivity contribution in [1.82, 2.24) is 4.90 Å². The molecule has 1 heterocycles. The summed E-state index contributed by atoms with van der Waals surface area (Å²) in [6, 6.07) is 3.50. The number of carbonyl (C=O) groups is 2. The van der Waals surface area contributed by atoms with Crippen LogP contribution < -0.4 is 4.74 Å². The van der Waals surface area contributed by atoms with Crippen LogP contribution >= 0.6 is 11.6 Å². The Balaban J connectivity index is 2.35. The van der Waals surface area contributed by atoms with Gasteiger partial charge in [-0.1, -0.05) is 11.6 Å². The third-order valence-corrected chi connectivity index (χ3v) is 3.45. The first-order chi connectivity index (χ1) is 9.43. The van der Waals surface area contributed by atoms with E-state index in [4.69, 9.17) is 21.4 Å². The lowest BCUT2D eigenvalue weighted by Gasteiger charge is -2.22. The maximum atomic E-state index is 12.5. The van der Waals surface area contributed by atoms with E-state index in [1.54, 1.807) is 6.07 Å². The Morgan fingerprint density at radius 2 is 2.15 bits per heavy atom. The third-order valence-electron chi connectivity index (χ3n) is 3.22. The van der Waals surface area contributed by atoms with Gasteiger partial charge >= 0.3 is 5.97 Å². The molecular formula is C13H14ClNO5. The highest BCUT2D eigenvalue weighted by molar-refractivity contribution is 6.31. The quantitative estimate of drug-likeness (QED) is 0.870. The third kappa shape index (κ3) is 2.71. The van der Waals surface area contributed by atoms with Crippen LogP contribution in [0.3, 0.4) is 0 Å². The van der Waals surface area contributed by atoms with Crippen molar-refractivity contribution >= 4 is 23.5 Å².